The number of aromatic nitrogens is 1. The Balaban J connectivity index is 1.55. The Labute approximate surface area is 147 Å². The molecule has 0 saturated heterocycles. The van der Waals surface area contributed by atoms with E-state index >= 15 is 0 Å². The third kappa shape index (κ3) is 4.37. The summed E-state index contributed by atoms with van der Waals surface area (Å²) in [5.41, 5.74) is 1.72. The second-order valence-electron chi connectivity index (χ2n) is 6.40. The van der Waals surface area contributed by atoms with Crippen LogP contribution in [0.1, 0.15) is 41.6 Å². The van der Waals surface area contributed by atoms with Crippen molar-refractivity contribution in [3.05, 3.63) is 70.1 Å². The smallest absolute Gasteiger partial charge is 0.252 e. The van der Waals surface area contributed by atoms with E-state index in [0.717, 1.165) is 12.8 Å². The number of nitrogens with one attached hydrogen (secondary N) is 1. The molecule has 1 aromatic carbocycles. The van der Waals surface area contributed by atoms with Crippen LogP contribution in [0.15, 0.2) is 53.5 Å². The number of benzene rings is 1. The van der Waals surface area contributed by atoms with Gasteiger partial charge in [0.15, 0.2) is 0 Å². The van der Waals surface area contributed by atoms with Gasteiger partial charge in [-0.05, 0) is 37.3 Å². The molecule has 1 N–H and O–H groups in total. The molecule has 0 atom stereocenters. The molecule has 1 heterocycles. The summed E-state index contributed by atoms with van der Waals surface area (Å²) in [6, 6.07) is 13.6. The van der Waals surface area contributed by atoms with E-state index in [4.69, 9.17) is 4.74 Å². The lowest BCUT2D eigenvalue weighted by Gasteiger charge is -2.36. The summed E-state index contributed by atoms with van der Waals surface area (Å²) < 4.78 is 6.80. The number of nitrogens with zero attached hydrogens (tertiary/aromatic N) is 1. The van der Waals surface area contributed by atoms with Crippen LogP contribution >= 0.6 is 0 Å². The van der Waals surface area contributed by atoms with E-state index in [1.54, 1.807) is 12.3 Å². The van der Waals surface area contributed by atoms with Crippen molar-refractivity contribution < 1.29 is 9.53 Å². The first-order chi connectivity index (χ1) is 12.2. The molecular formula is C20H24N2O3. The average molecular weight is 340 g/mol. The van der Waals surface area contributed by atoms with Crippen molar-refractivity contribution >= 4 is 5.91 Å². The molecule has 0 spiro atoms. The summed E-state index contributed by atoms with van der Waals surface area (Å²) in [4.78, 5) is 24.3. The molecule has 1 aliphatic rings. The first kappa shape index (κ1) is 17.4. The van der Waals surface area contributed by atoms with Crippen molar-refractivity contribution in [2.24, 2.45) is 0 Å². The summed E-state index contributed by atoms with van der Waals surface area (Å²) in [6.45, 7) is 3.43. The molecule has 1 aromatic heterocycles. The van der Waals surface area contributed by atoms with Gasteiger partial charge < -0.3 is 14.6 Å². The zero-order valence-electron chi connectivity index (χ0n) is 14.5. The summed E-state index contributed by atoms with van der Waals surface area (Å²) in [5, 5.41) is 3.06. The van der Waals surface area contributed by atoms with Gasteiger partial charge in [-0.1, -0.05) is 30.3 Å². The van der Waals surface area contributed by atoms with Crippen molar-refractivity contribution in [3.8, 4) is 0 Å². The molecule has 2 aromatic rings. The third-order valence-electron chi connectivity index (χ3n) is 4.67. The van der Waals surface area contributed by atoms with Crippen molar-refractivity contribution in [1.82, 2.24) is 9.88 Å². The van der Waals surface area contributed by atoms with Crippen LogP contribution in [0.2, 0.25) is 0 Å². The molecule has 132 valence electrons. The molecule has 0 bridgehead atoms. The van der Waals surface area contributed by atoms with Gasteiger partial charge in [-0.15, -0.1) is 0 Å². The number of hydrogen-bond donors (Lipinski definition) is 1. The maximum atomic E-state index is 12.4. The average Bonchev–Trinajstić information content (AvgIpc) is 2.60. The van der Waals surface area contributed by atoms with Crippen LogP contribution in [0, 0.1) is 0 Å². The zero-order valence-corrected chi connectivity index (χ0v) is 14.5. The molecule has 0 radical (unpaired) electrons. The lowest BCUT2D eigenvalue weighted by Crippen LogP contribution is -2.43. The maximum Gasteiger partial charge on any atom is 0.252 e. The fourth-order valence-electron chi connectivity index (χ4n) is 3.15. The Morgan fingerprint density at radius 2 is 1.96 bits per heavy atom. The van der Waals surface area contributed by atoms with Crippen molar-refractivity contribution in [1.29, 1.82) is 0 Å². The number of rotatable bonds is 7. The summed E-state index contributed by atoms with van der Waals surface area (Å²) in [6.07, 6.45) is 3.53. The first-order valence-corrected chi connectivity index (χ1v) is 8.81. The number of hydrogen-bond acceptors (Lipinski definition) is 3. The monoisotopic (exact) mass is 340 g/mol. The largest absolute Gasteiger partial charge is 0.380 e. The highest BCUT2D eigenvalue weighted by molar-refractivity contribution is 5.94. The molecule has 5 heteroatoms. The van der Waals surface area contributed by atoms with Gasteiger partial charge >= 0.3 is 0 Å². The fraction of sp³-hybridized carbons (Fsp3) is 0.400. The second kappa shape index (κ2) is 8.12. The van der Waals surface area contributed by atoms with Gasteiger partial charge in [0.05, 0.1) is 12.2 Å². The predicted molar refractivity (Wildman–Crippen MR) is 96.9 cm³/mol. The third-order valence-corrected chi connectivity index (χ3v) is 4.67. The molecule has 5 nitrogen and oxygen atoms in total. The molecule has 25 heavy (non-hydrogen) atoms. The van der Waals surface area contributed by atoms with Crippen LogP contribution in [0.25, 0.3) is 0 Å². The maximum absolute atomic E-state index is 12.4. The van der Waals surface area contributed by atoms with Gasteiger partial charge in [0, 0.05) is 31.5 Å². The van der Waals surface area contributed by atoms with Crippen molar-refractivity contribution in [3.63, 3.8) is 0 Å². The number of pyridine rings is 1. The Hall–Kier alpha value is -2.40. The topological polar surface area (TPSA) is 60.3 Å². The normalized spacial score (nSPS) is 19.2. The van der Waals surface area contributed by atoms with Gasteiger partial charge in [-0.25, -0.2) is 0 Å². The van der Waals surface area contributed by atoms with E-state index in [1.807, 2.05) is 25.1 Å². The van der Waals surface area contributed by atoms with Crippen LogP contribution in [-0.4, -0.2) is 29.7 Å². The van der Waals surface area contributed by atoms with Crippen LogP contribution in [-0.2, 0) is 11.3 Å². The molecule has 3 rings (SSSR count). The number of ether oxygens (including phenoxy) is 1. The highest BCUT2D eigenvalue weighted by atomic mass is 16.5. The van der Waals surface area contributed by atoms with Crippen molar-refractivity contribution in [2.45, 2.75) is 38.3 Å². The molecular weight excluding hydrogens is 316 g/mol. The molecule has 1 aliphatic carbocycles. The van der Waals surface area contributed by atoms with Crippen LogP contribution < -0.4 is 10.9 Å². The Bertz CT molecular complexity index is 764. The Morgan fingerprint density at radius 3 is 2.68 bits per heavy atom. The second-order valence-corrected chi connectivity index (χ2v) is 6.40. The SMILES string of the molecule is CCOCCn1cc(C(=O)NC2CC(c3ccccc3)C2)ccc1=O. The van der Waals surface area contributed by atoms with Gasteiger partial charge in [0.1, 0.15) is 0 Å². The highest BCUT2D eigenvalue weighted by Crippen LogP contribution is 2.36. The van der Waals surface area contributed by atoms with Gasteiger partial charge in [-0.2, -0.15) is 0 Å². The van der Waals surface area contributed by atoms with Crippen LogP contribution in [0.4, 0.5) is 0 Å². The Kier molecular flexibility index (Phi) is 5.66. The zero-order chi connectivity index (χ0) is 17.6. The van der Waals surface area contributed by atoms with E-state index in [1.165, 1.54) is 16.2 Å². The quantitative estimate of drug-likeness (QED) is 0.788. The minimum absolute atomic E-state index is 0.121. The Morgan fingerprint density at radius 1 is 1.20 bits per heavy atom. The summed E-state index contributed by atoms with van der Waals surface area (Å²) in [5.74, 6) is 0.397. The lowest BCUT2D eigenvalue weighted by atomic mass is 9.76. The minimum Gasteiger partial charge on any atom is -0.380 e. The van der Waals surface area contributed by atoms with E-state index in [2.05, 4.69) is 17.4 Å². The highest BCUT2D eigenvalue weighted by Gasteiger charge is 2.31. The van der Waals surface area contributed by atoms with Gasteiger partial charge in [-0.3, -0.25) is 9.59 Å². The van der Waals surface area contributed by atoms with Crippen molar-refractivity contribution in [2.75, 3.05) is 13.2 Å². The molecule has 1 saturated carbocycles. The van der Waals surface area contributed by atoms with Gasteiger partial charge in [0.25, 0.3) is 11.5 Å². The lowest BCUT2D eigenvalue weighted by molar-refractivity contribution is 0.0907. The number of carbonyl (C=O) groups is 1. The standard InChI is InChI=1S/C20H24N2O3/c1-2-25-11-10-22-14-16(8-9-19(22)23)20(24)21-18-12-17(13-18)15-6-4-3-5-7-15/h3-9,14,17-18H,2,10-13H2,1H3,(H,21,24). The number of amides is 1. The molecule has 1 fully saturated rings. The number of carbonyl (C=O) groups excluding carboxylic acids is 1. The molecule has 1 amide bonds. The van der Waals surface area contributed by atoms with Crippen LogP contribution in [0.3, 0.4) is 0 Å². The molecule has 0 aliphatic heterocycles. The molecule has 0 unspecified atom stereocenters. The van der Waals surface area contributed by atoms with Crippen LogP contribution in [0.5, 0.6) is 0 Å². The van der Waals surface area contributed by atoms with Gasteiger partial charge in [0.2, 0.25) is 0 Å². The fourth-order valence-corrected chi connectivity index (χ4v) is 3.15. The van der Waals surface area contributed by atoms with E-state index in [0.29, 0.717) is 31.2 Å². The predicted octanol–water partition coefficient (Wildman–Crippen LogP) is 2.56. The summed E-state index contributed by atoms with van der Waals surface area (Å²) in [7, 11) is 0. The van der Waals surface area contributed by atoms with E-state index < -0.39 is 0 Å². The minimum atomic E-state index is -0.123. The van der Waals surface area contributed by atoms with E-state index in [9.17, 15) is 9.59 Å². The first-order valence-electron chi connectivity index (χ1n) is 8.81. The summed E-state index contributed by atoms with van der Waals surface area (Å²) >= 11 is 0. The van der Waals surface area contributed by atoms with E-state index in [-0.39, 0.29) is 17.5 Å².